The minimum Gasteiger partial charge on any atom is -0.326 e. The molecule has 9 heteroatoms. The number of carbonyl (C=O) groups is 2. The summed E-state index contributed by atoms with van der Waals surface area (Å²) in [6, 6.07) is 11.2. The monoisotopic (exact) mass is 409 g/mol. The van der Waals surface area contributed by atoms with Crippen molar-refractivity contribution in [2.45, 2.75) is 31.2 Å². The Morgan fingerprint density at radius 2 is 1.63 bits per heavy atom. The number of amides is 2. The molecule has 0 heterocycles. The fourth-order valence-corrected chi connectivity index (χ4v) is 3.47. The number of anilines is 2. The average Bonchev–Trinajstić information content (AvgIpc) is 2.61. The smallest absolute Gasteiger partial charge is 0.242 e. The van der Waals surface area contributed by atoms with Crippen molar-refractivity contribution >= 4 is 44.8 Å². The van der Waals surface area contributed by atoms with Crippen molar-refractivity contribution in [1.29, 1.82) is 0 Å². The average molecular weight is 410 g/mol. The highest BCUT2D eigenvalue weighted by Crippen LogP contribution is 2.17. The van der Waals surface area contributed by atoms with Crippen LogP contribution in [0.2, 0.25) is 5.02 Å². The van der Waals surface area contributed by atoms with Gasteiger partial charge in [-0.1, -0.05) is 24.6 Å². The van der Waals surface area contributed by atoms with Crippen LogP contribution in [0.1, 0.15) is 20.3 Å². The molecule has 3 N–H and O–H groups in total. The van der Waals surface area contributed by atoms with Gasteiger partial charge in [0, 0.05) is 22.8 Å². The van der Waals surface area contributed by atoms with Gasteiger partial charge < -0.3 is 10.6 Å². The molecule has 0 aliphatic heterocycles. The van der Waals surface area contributed by atoms with Crippen LogP contribution in [-0.4, -0.2) is 26.3 Å². The molecular weight excluding hydrogens is 390 g/mol. The van der Waals surface area contributed by atoms with Crippen LogP contribution in [0.25, 0.3) is 0 Å². The van der Waals surface area contributed by atoms with E-state index in [0.717, 1.165) is 0 Å². The first-order chi connectivity index (χ1) is 12.7. The molecule has 1 atom stereocenters. The molecule has 0 saturated heterocycles. The molecule has 0 aliphatic carbocycles. The SMILES string of the molecule is CCC(=O)Nc1cccc(NC(=O)[C@H](C)NS(=O)(=O)c2ccc(Cl)cc2)c1. The molecule has 0 radical (unpaired) electrons. The lowest BCUT2D eigenvalue weighted by atomic mass is 10.2. The van der Waals surface area contributed by atoms with Crippen LogP contribution in [0.5, 0.6) is 0 Å². The topological polar surface area (TPSA) is 104 Å². The largest absolute Gasteiger partial charge is 0.326 e. The summed E-state index contributed by atoms with van der Waals surface area (Å²) in [6.45, 7) is 3.17. The van der Waals surface area contributed by atoms with Crippen molar-refractivity contribution < 1.29 is 18.0 Å². The number of halogens is 1. The van der Waals surface area contributed by atoms with Gasteiger partial charge in [0.15, 0.2) is 0 Å². The molecule has 0 spiro atoms. The molecule has 0 unspecified atom stereocenters. The van der Waals surface area contributed by atoms with E-state index in [0.29, 0.717) is 22.8 Å². The summed E-state index contributed by atoms with van der Waals surface area (Å²) in [6.07, 6.45) is 0.333. The van der Waals surface area contributed by atoms with Crippen LogP contribution in [0, 0.1) is 0 Å². The van der Waals surface area contributed by atoms with Crippen LogP contribution < -0.4 is 15.4 Å². The Hall–Kier alpha value is -2.42. The lowest BCUT2D eigenvalue weighted by molar-refractivity contribution is -0.117. The number of benzene rings is 2. The van der Waals surface area contributed by atoms with E-state index in [2.05, 4.69) is 15.4 Å². The Kier molecular flexibility index (Phi) is 6.95. The van der Waals surface area contributed by atoms with E-state index in [1.807, 2.05) is 0 Å². The maximum atomic E-state index is 12.3. The molecule has 2 rings (SSSR count). The normalized spacial score (nSPS) is 12.3. The first kappa shape index (κ1) is 20.9. The molecule has 2 aromatic carbocycles. The first-order valence-electron chi connectivity index (χ1n) is 8.20. The zero-order valence-corrected chi connectivity index (χ0v) is 16.4. The second-order valence-electron chi connectivity index (χ2n) is 5.77. The van der Waals surface area contributed by atoms with Gasteiger partial charge in [0.05, 0.1) is 10.9 Å². The highest BCUT2D eigenvalue weighted by molar-refractivity contribution is 7.89. The summed E-state index contributed by atoms with van der Waals surface area (Å²) >= 11 is 5.76. The van der Waals surface area contributed by atoms with Gasteiger partial charge in [-0.3, -0.25) is 9.59 Å². The molecule has 0 bridgehead atoms. The Bertz CT molecular complexity index is 930. The van der Waals surface area contributed by atoms with Gasteiger partial charge in [0.1, 0.15) is 0 Å². The zero-order valence-electron chi connectivity index (χ0n) is 14.8. The summed E-state index contributed by atoms with van der Waals surface area (Å²) in [4.78, 5) is 23.8. The minimum absolute atomic E-state index is 0.0100. The van der Waals surface area contributed by atoms with E-state index in [1.165, 1.54) is 31.2 Å². The van der Waals surface area contributed by atoms with Gasteiger partial charge in [-0.15, -0.1) is 0 Å². The number of nitrogens with one attached hydrogen (secondary N) is 3. The van der Waals surface area contributed by atoms with Gasteiger partial charge in [-0.25, -0.2) is 8.42 Å². The number of hydrogen-bond acceptors (Lipinski definition) is 4. The van der Waals surface area contributed by atoms with E-state index < -0.39 is 22.0 Å². The number of rotatable bonds is 7. The van der Waals surface area contributed by atoms with Crippen molar-refractivity contribution in [3.63, 3.8) is 0 Å². The lowest BCUT2D eigenvalue weighted by Gasteiger charge is -2.15. The van der Waals surface area contributed by atoms with Crippen LogP contribution in [0.3, 0.4) is 0 Å². The Morgan fingerprint density at radius 1 is 1.04 bits per heavy atom. The molecule has 2 amide bonds. The highest BCUT2D eigenvalue weighted by atomic mass is 35.5. The fourth-order valence-electron chi connectivity index (χ4n) is 2.14. The quantitative estimate of drug-likeness (QED) is 0.653. The fraction of sp³-hybridized carbons (Fsp3) is 0.222. The van der Waals surface area contributed by atoms with E-state index >= 15 is 0 Å². The number of carbonyl (C=O) groups excluding carboxylic acids is 2. The van der Waals surface area contributed by atoms with Crippen molar-refractivity contribution in [1.82, 2.24) is 4.72 Å². The molecular formula is C18H20ClN3O4S. The van der Waals surface area contributed by atoms with Crippen LogP contribution >= 0.6 is 11.6 Å². The number of sulfonamides is 1. The second kappa shape index (κ2) is 8.98. The first-order valence-corrected chi connectivity index (χ1v) is 10.1. The van der Waals surface area contributed by atoms with Crippen LogP contribution in [0.15, 0.2) is 53.4 Å². The van der Waals surface area contributed by atoms with Crippen LogP contribution in [-0.2, 0) is 19.6 Å². The number of hydrogen-bond donors (Lipinski definition) is 3. The minimum atomic E-state index is -3.87. The van der Waals surface area contributed by atoms with Gasteiger partial charge in [0.25, 0.3) is 0 Å². The molecule has 0 fully saturated rings. The predicted molar refractivity (Wildman–Crippen MR) is 105 cm³/mol. The summed E-state index contributed by atoms with van der Waals surface area (Å²) in [5.74, 6) is -0.686. The van der Waals surface area contributed by atoms with Gasteiger partial charge in [-0.05, 0) is 49.4 Å². The van der Waals surface area contributed by atoms with Crippen molar-refractivity contribution in [3.8, 4) is 0 Å². The predicted octanol–water partition coefficient (Wildman–Crippen LogP) is 2.99. The zero-order chi connectivity index (χ0) is 20.0. The van der Waals surface area contributed by atoms with E-state index in [-0.39, 0.29) is 10.8 Å². The summed E-state index contributed by atoms with van der Waals surface area (Å²) in [7, 11) is -3.87. The molecule has 0 aliphatic rings. The van der Waals surface area contributed by atoms with Gasteiger partial charge in [0.2, 0.25) is 21.8 Å². The van der Waals surface area contributed by atoms with Crippen molar-refractivity contribution in [3.05, 3.63) is 53.6 Å². The molecule has 27 heavy (non-hydrogen) atoms. The maximum absolute atomic E-state index is 12.3. The third-order valence-corrected chi connectivity index (χ3v) is 5.39. The Labute approximate surface area is 163 Å². The second-order valence-corrected chi connectivity index (χ2v) is 7.92. The Morgan fingerprint density at radius 3 is 2.22 bits per heavy atom. The Balaban J connectivity index is 2.04. The lowest BCUT2D eigenvalue weighted by Crippen LogP contribution is -2.41. The molecule has 7 nitrogen and oxygen atoms in total. The summed E-state index contributed by atoms with van der Waals surface area (Å²) < 4.78 is 27.0. The summed E-state index contributed by atoms with van der Waals surface area (Å²) in [5.41, 5.74) is 0.973. The van der Waals surface area contributed by atoms with Crippen molar-refractivity contribution in [2.24, 2.45) is 0 Å². The molecule has 0 aromatic heterocycles. The third kappa shape index (κ3) is 6.06. The van der Waals surface area contributed by atoms with Crippen LogP contribution in [0.4, 0.5) is 11.4 Å². The third-order valence-electron chi connectivity index (χ3n) is 3.58. The van der Waals surface area contributed by atoms with Gasteiger partial charge in [-0.2, -0.15) is 4.72 Å². The standard InChI is InChI=1S/C18H20ClN3O4S/c1-3-17(23)20-14-5-4-6-15(11-14)21-18(24)12(2)22-27(25,26)16-9-7-13(19)8-10-16/h4-12,22H,3H2,1-2H3,(H,20,23)(H,21,24)/t12-/m0/s1. The van der Waals surface area contributed by atoms with Crippen molar-refractivity contribution in [2.75, 3.05) is 10.6 Å². The van der Waals surface area contributed by atoms with E-state index in [1.54, 1.807) is 31.2 Å². The van der Waals surface area contributed by atoms with Gasteiger partial charge >= 0.3 is 0 Å². The summed E-state index contributed by atoms with van der Waals surface area (Å²) in [5, 5.41) is 5.72. The van der Waals surface area contributed by atoms with E-state index in [9.17, 15) is 18.0 Å². The highest BCUT2D eigenvalue weighted by Gasteiger charge is 2.22. The maximum Gasteiger partial charge on any atom is 0.242 e. The molecule has 2 aromatic rings. The van der Waals surface area contributed by atoms with E-state index in [4.69, 9.17) is 11.6 Å². The molecule has 0 saturated carbocycles. The molecule has 144 valence electrons.